The van der Waals surface area contributed by atoms with Gasteiger partial charge in [0.25, 0.3) is 0 Å². The molecule has 0 fully saturated rings. The molecule has 0 saturated carbocycles. The Balaban J connectivity index is 0. The Morgan fingerprint density at radius 2 is 0.600 bits per heavy atom. The van der Waals surface area contributed by atoms with Crippen LogP contribution in [-0.4, -0.2) is 23.8 Å². The molecule has 0 amide bonds. The topological polar surface area (TPSA) is 0 Å². The molecule has 0 heterocycles. The minimum Gasteiger partial charge on any atom is -0.110 e. The normalized spacial score (nSPS) is 11.6. The van der Waals surface area contributed by atoms with E-state index in [0.29, 0.717) is 7.92 Å². The highest BCUT2D eigenvalue weighted by Crippen LogP contribution is 2.39. The van der Waals surface area contributed by atoms with E-state index in [4.69, 9.17) is 44.3 Å². The van der Waals surface area contributed by atoms with Gasteiger partial charge in [-0.15, -0.1) is 52.2 Å². The molecule has 0 aromatic heterocycles. The van der Waals surface area contributed by atoms with E-state index in [1.54, 1.807) is 18.5 Å². The van der Waals surface area contributed by atoms with Crippen molar-refractivity contribution in [3.63, 3.8) is 0 Å². The fourth-order valence-corrected chi connectivity index (χ4v) is 6.37. The molecule has 0 nitrogen and oxygen atoms in total. The van der Waals surface area contributed by atoms with Crippen LogP contribution in [0.1, 0.15) is 136 Å². The number of rotatable bonds is 21. The molecule has 0 aliphatic carbocycles. The fraction of sp³-hybridized carbons (Fsp3) is 1.00. The average molecular weight is 541 g/mol. The SMILES string of the molecule is CCCCCCCCP(CCCCCCCC)CCCCCCCC.Cl[Si](Cl)(Cl)Cl. The Kier molecular flexibility index (Phi) is 30.6. The molecule has 184 valence electrons. The molecule has 0 atom stereocenters. The summed E-state index contributed by atoms with van der Waals surface area (Å²) in [6, 6.07) is 0. The maximum atomic E-state index is 4.97. The van der Waals surface area contributed by atoms with Gasteiger partial charge in [0.2, 0.25) is 0 Å². The average Bonchev–Trinajstić information content (AvgIpc) is 2.68. The molecule has 0 rings (SSSR count). The lowest BCUT2D eigenvalue weighted by molar-refractivity contribution is 0.617. The van der Waals surface area contributed by atoms with Crippen LogP contribution < -0.4 is 0 Å². The first-order valence-electron chi connectivity index (χ1n) is 12.8. The van der Waals surface area contributed by atoms with E-state index >= 15 is 0 Å². The van der Waals surface area contributed by atoms with Gasteiger partial charge < -0.3 is 0 Å². The number of hydrogen-bond donors (Lipinski definition) is 0. The summed E-state index contributed by atoms with van der Waals surface area (Å²) < 4.78 is 0. The second kappa shape index (κ2) is 27.1. The van der Waals surface area contributed by atoms with E-state index in [1.807, 2.05) is 0 Å². The molecule has 0 radical (unpaired) electrons. The molecule has 0 aliphatic rings. The Morgan fingerprint density at radius 3 is 0.833 bits per heavy atom. The summed E-state index contributed by atoms with van der Waals surface area (Å²) >= 11 is 19.9. The van der Waals surface area contributed by atoms with Crippen LogP contribution >= 0.6 is 52.2 Å². The first-order valence-corrected chi connectivity index (χ1v) is 20.8. The molecule has 30 heavy (non-hydrogen) atoms. The molecule has 0 aliphatic heterocycles. The summed E-state index contributed by atoms with van der Waals surface area (Å²) in [5.74, 6) is 0. The minimum atomic E-state index is -2.72. The lowest BCUT2D eigenvalue weighted by Crippen LogP contribution is -1.97. The van der Waals surface area contributed by atoms with Crippen molar-refractivity contribution in [2.24, 2.45) is 0 Å². The third-order valence-corrected chi connectivity index (χ3v) is 8.33. The van der Waals surface area contributed by atoms with E-state index in [1.165, 1.54) is 116 Å². The Bertz CT molecular complexity index is 270. The van der Waals surface area contributed by atoms with Crippen molar-refractivity contribution < 1.29 is 0 Å². The first-order chi connectivity index (χ1) is 14.3. The predicted octanol–water partition coefficient (Wildman–Crippen LogP) is 11.9. The van der Waals surface area contributed by atoms with Crippen molar-refractivity contribution in [2.75, 3.05) is 18.5 Å². The first kappa shape index (κ1) is 34.0. The monoisotopic (exact) mass is 538 g/mol. The van der Waals surface area contributed by atoms with Crippen molar-refractivity contribution in [3.8, 4) is 0 Å². The van der Waals surface area contributed by atoms with Crippen molar-refractivity contribution in [1.82, 2.24) is 0 Å². The van der Waals surface area contributed by atoms with Gasteiger partial charge in [0.1, 0.15) is 0 Å². The lowest BCUT2D eigenvalue weighted by atomic mass is 10.1. The number of hydrogen-bond acceptors (Lipinski definition) is 0. The minimum absolute atomic E-state index is 0.366. The molecule has 0 spiro atoms. The van der Waals surface area contributed by atoms with Crippen molar-refractivity contribution in [2.45, 2.75) is 136 Å². The van der Waals surface area contributed by atoms with Crippen LogP contribution in [0.5, 0.6) is 0 Å². The van der Waals surface area contributed by atoms with Gasteiger partial charge in [0.15, 0.2) is 0 Å². The molecule has 0 unspecified atom stereocenters. The van der Waals surface area contributed by atoms with E-state index < -0.39 is 5.31 Å². The molecule has 0 aromatic carbocycles. The van der Waals surface area contributed by atoms with Gasteiger partial charge in [-0.25, -0.2) is 0 Å². The lowest BCUT2D eigenvalue weighted by Gasteiger charge is -2.18. The molecular weight excluding hydrogens is 489 g/mol. The second-order valence-corrected chi connectivity index (χ2v) is 22.4. The Morgan fingerprint density at radius 1 is 0.400 bits per heavy atom. The number of halogens is 4. The third-order valence-electron chi connectivity index (χ3n) is 5.48. The highest BCUT2D eigenvalue weighted by atomic mass is 36.0. The zero-order chi connectivity index (χ0) is 22.9. The van der Waals surface area contributed by atoms with Crippen molar-refractivity contribution in [1.29, 1.82) is 0 Å². The van der Waals surface area contributed by atoms with Crippen molar-refractivity contribution in [3.05, 3.63) is 0 Å². The van der Waals surface area contributed by atoms with Crippen LogP contribution in [0, 0.1) is 0 Å². The summed E-state index contributed by atoms with van der Waals surface area (Å²) in [5, 5.41) is -2.72. The summed E-state index contributed by atoms with van der Waals surface area (Å²) in [7, 11) is 0.366. The summed E-state index contributed by atoms with van der Waals surface area (Å²) in [6.45, 7) is 6.96. The van der Waals surface area contributed by atoms with Gasteiger partial charge in [-0.1, -0.05) is 117 Å². The smallest absolute Gasteiger partial charge is 0.110 e. The summed E-state index contributed by atoms with van der Waals surface area (Å²) in [5.41, 5.74) is 0. The van der Waals surface area contributed by atoms with Gasteiger partial charge in [-0.3, -0.25) is 0 Å². The zero-order valence-electron chi connectivity index (χ0n) is 20.3. The Labute approximate surface area is 211 Å². The fourth-order valence-electron chi connectivity index (χ4n) is 3.68. The molecule has 0 aromatic rings. The van der Waals surface area contributed by atoms with E-state index in [2.05, 4.69) is 20.8 Å². The highest BCUT2D eigenvalue weighted by Gasteiger charge is 2.19. The van der Waals surface area contributed by atoms with E-state index in [-0.39, 0.29) is 0 Å². The van der Waals surface area contributed by atoms with Crippen LogP contribution in [0.4, 0.5) is 0 Å². The van der Waals surface area contributed by atoms with Crippen LogP contribution in [0.3, 0.4) is 0 Å². The molecular formula is C24H51Cl4PSi. The van der Waals surface area contributed by atoms with Gasteiger partial charge in [-0.05, 0) is 37.7 Å². The largest absolute Gasteiger partial charge is 0.440 e. The molecule has 6 heteroatoms. The number of unbranched alkanes of at least 4 members (excludes halogenated alkanes) is 15. The van der Waals surface area contributed by atoms with Crippen LogP contribution in [0.25, 0.3) is 0 Å². The maximum absolute atomic E-state index is 4.97. The molecule has 0 N–H and O–H groups in total. The van der Waals surface area contributed by atoms with Gasteiger partial charge >= 0.3 is 5.31 Å². The van der Waals surface area contributed by atoms with Crippen LogP contribution in [-0.2, 0) is 0 Å². The van der Waals surface area contributed by atoms with Gasteiger partial charge in [-0.2, -0.15) is 0 Å². The van der Waals surface area contributed by atoms with E-state index in [9.17, 15) is 0 Å². The summed E-state index contributed by atoms with van der Waals surface area (Å²) in [6.07, 6.45) is 31.2. The quantitative estimate of drug-likeness (QED) is 0.0588. The second-order valence-electron chi connectivity index (χ2n) is 8.57. The van der Waals surface area contributed by atoms with Crippen molar-refractivity contribution >= 4 is 57.6 Å². The van der Waals surface area contributed by atoms with Crippen LogP contribution in [0.2, 0.25) is 0 Å². The summed E-state index contributed by atoms with van der Waals surface area (Å²) in [4.78, 5) is 0. The molecule has 0 bridgehead atoms. The zero-order valence-corrected chi connectivity index (χ0v) is 25.2. The maximum Gasteiger partial charge on any atom is 0.440 e. The third kappa shape index (κ3) is 37.1. The standard InChI is InChI=1S/C24H51P.Cl4Si/c1-4-7-10-13-16-19-22-25(23-20-17-14-11-8-5-2)24-21-18-15-12-9-6-3;1-5(2,3)4/h4-24H2,1-3H3;. The van der Waals surface area contributed by atoms with Gasteiger partial charge in [0, 0.05) is 0 Å². The highest BCUT2D eigenvalue weighted by molar-refractivity contribution is 7.81. The Hall–Kier alpha value is 1.81. The van der Waals surface area contributed by atoms with Gasteiger partial charge in [0.05, 0.1) is 0 Å². The van der Waals surface area contributed by atoms with Crippen LogP contribution in [0.15, 0.2) is 0 Å². The van der Waals surface area contributed by atoms with E-state index in [0.717, 1.165) is 0 Å². The molecule has 0 saturated heterocycles. The predicted molar refractivity (Wildman–Crippen MR) is 151 cm³/mol.